The SMILES string of the molecule is Fc1ccc(Br)cc1Cn1cc(-c2ccc(I)cc2)cn1. The van der Waals surface area contributed by atoms with Crippen molar-refractivity contribution in [3.8, 4) is 11.1 Å². The summed E-state index contributed by atoms with van der Waals surface area (Å²) in [6.45, 7) is 0.412. The number of rotatable bonds is 3. The van der Waals surface area contributed by atoms with Crippen molar-refractivity contribution in [2.75, 3.05) is 0 Å². The Morgan fingerprint density at radius 2 is 1.86 bits per heavy atom. The van der Waals surface area contributed by atoms with E-state index in [1.54, 1.807) is 23.0 Å². The van der Waals surface area contributed by atoms with Crippen LogP contribution in [0.25, 0.3) is 11.1 Å². The van der Waals surface area contributed by atoms with Crippen LogP contribution in [-0.4, -0.2) is 9.78 Å². The molecule has 0 bridgehead atoms. The van der Waals surface area contributed by atoms with Crippen LogP contribution >= 0.6 is 38.5 Å². The third-order valence-corrected chi connectivity index (χ3v) is 4.36. The maximum Gasteiger partial charge on any atom is 0.128 e. The van der Waals surface area contributed by atoms with E-state index in [0.29, 0.717) is 12.1 Å². The van der Waals surface area contributed by atoms with Crippen molar-refractivity contribution >= 4 is 38.5 Å². The first kappa shape index (κ1) is 14.7. The molecule has 3 aromatic rings. The van der Waals surface area contributed by atoms with Crippen LogP contribution in [0, 0.1) is 9.39 Å². The van der Waals surface area contributed by atoms with Gasteiger partial charge in [-0.3, -0.25) is 4.68 Å². The molecule has 106 valence electrons. The van der Waals surface area contributed by atoms with Crippen molar-refractivity contribution in [3.63, 3.8) is 0 Å². The number of halogens is 3. The fraction of sp³-hybridized carbons (Fsp3) is 0.0625. The van der Waals surface area contributed by atoms with Crippen molar-refractivity contribution in [1.82, 2.24) is 9.78 Å². The molecule has 2 nitrogen and oxygen atoms in total. The van der Waals surface area contributed by atoms with E-state index < -0.39 is 0 Å². The van der Waals surface area contributed by atoms with E-state index in [9.17, 15) is 4.39 Å². The third kappa shape index (κ3) is 3.52. The largest absolute Gasteiger partial charge is 0.268 e. The Balaban J connectivity index is 1.85. The van der Waals surface area contributed by atoms with E-state index in [0.717, 1.165) is 15.6 Å². The highest BCUT2D eigenvalue weighted by Gasteiger charge is 2.06. The molecule has 1 heterocycles. The zero-order valence-corrected chi connectivity index (χ0v) is 14.7. The first-order chi connectivity index (χ1) is 10.1. The van der Waals surface area contributed by atoms with Gasteiger partial charge in [0, 0.05) is 25.4 Å². The van der Waals surface area contributed by atoms with Crippen LogP contribution in [0.3, 0.4) is 0 Å². The molecule has 3 rings (SSSR count). The lowest BCUT2D eigenvalue weighted by Gasteiger charge is -2.04. The van der Waals surface area contributed by atoms with Gasteiger partial charge in [0.05, 0.1) is 12.7 Å². The van der Waals surface area contributed by atoms with Gasteiger partial charge in [0.15, 0.2) is 0 Å². The van der Waals surface area contributed by atoms with Crippen molar-refractivity contribution in [1.29, 1.82) is 0 Å². The van der Waals surface area contributed by atoms with Gasteiger partial charge in [-0.15, -0.1) is 0 Å². The zero-order chi connectivity index (χ0) is 14.8. The molecule has 0 spiro atoms. The molecule has 0 fully saturated rings. The molecule has 0 amide bonds. The molecular weight excluding hydrogens is 446 g/mol. The van der Waals surface area contributed by atoms with Gasteiger partial charge in [0.2, 0.25) is 0 Å². The molecule has 0 N–H and O–H groups in total. The summed E-state index contributed by atoms with van der Waals surface area (Å²) in [5.41, 5.74) is 2.75. The molecule has 1 aromatic heterocycles. The summed E-state index contributed by atoms with van der Waals surface area (Å²) < 4.78 is 17.6. The van der Waals surface area contributed by atoms with Crippen LogP contribution in [0.5, 0.6) is 0 Å². The lowest BCUT2D eigenvalue weighted by molar-refractivity contribution is 0.585. The third-order valence-electron chi connectivity index (χ3n) is 3.15. The van der Waals surface area contributed by atoms with Gasteiger partial charge in [-0.05, 0) is 58.5 Å². The highest BCUT2D eigenvalue weighted by atomic mass is 127. The van der Waals surface area contributed by atoms with E-state index in [1.807, 2.05) is 6.20 Å². The quantitative estimate of drug-likeness (QED) is 0.501. The number of nitrogens with zero attached hydrogens (tertiary/aromatic N) is 2. The second-order valence-corrected chi connectivity index (χ2v) is 6.83. The number of hydrogen-bond donors (Lipinski definition) is 0. The minimum absolute atomic E-state index is 0.218. The van der Waals surface area contributed by atoms with Crippen LogP contribution in [-0.2, 0) is 6.54 Å². The predicted molar refractivity (Wildman–Crippen MR) is 93.6 cm³/mol. The molecule has 0 radical (unpaired) electrons. The maximum atomic E-state index is 13.8. The van der Waals surface area contributed by atoms with E-state index >= 15 is 0 Å². The van der Waals surface area contributed by atoms with E-state index in [4.69, 9.17) is 0 Å². The van der Waals surface area contributed by atoms with Gasteiger partial charge in [0.25, 0.3) is 0 Å². The summed E-state index contributed by atoms with van der Waals surface area (Å²) in [6, 6.07) is 13.2. The molecule has 21 heavy (non-hydrogen) atoms. The fourth-order valence-electron chi connectivity index (χ4n) is 2.08. The average Bonchev–Trinajstić information content (AvgIpc) is 2.92. The Morgan fingerprint density at radius 3 is 2.62 bits per heavy atom. The molecule has 0 aliphatic carbocycles. The second-order valence-electron chi connectivity index (χ2n) is 4.67. The molecule has 2 aromatic carbocycles. The summed E-state index contributed by atoms with van der Waals surface area (Å²) in [5, 5.41) is 4.31. The standard InChI is InChI=1S/C16H11BrFIN2/c17-14-3-6-16(18)12(7-14)9-21-10-13(8-20-21)11-1-4-15(19)5-2-11/h1-8,10H,9H2. The van der Waals surface area contributed by atoms with Gasteiger partial charge in [0.1, 0.15) is 5.82 Å². The van der Waals surface area contributed by atoms with Gasteiger partial charge in [-0.2, -0.15) is 5.10 Å². The fourth-order valence-corrected chi connectivity index (χ4v) is 2.85. The molecule has 0 saturated heterocycles. The zero-order valence-electron chi connectivity index (χ0n) is 10.9. The van der Waals surface area contributed by atoms with Crippen LogP contribution in [0.4, 0.5) is 4.39 Å². The van der Waals surface area contributed by atoms with Crippen molar-refractivity contribution in [2.24, 2.45) is 0 Å². The second kappa shape index (κ2) is 6.27. The van der Waals surface area contributed by atoms with Crippen LogP contribution in [0.1, 0.15) is 5.56 Å². The summed E-state index contributed by atoms with van der Waals surface area (Å²) >= 11 is 5.64. The molecule has 5 heteroatoms. The molecular formula is C16H11BrFIN2. The Bertz CT molecular complexity index is 768. The number of aromatic nitrogens is 2. The van der Waals surface area contributed by atoms with Gasteiger partial charge < -0.3 is 0 Å². The normalized spacial score (nSPS) is 10.8. The van der Waals surface area contributed by atoms with Crippen molar-refractivity contribution < 1.29 is 4.39 Å². The Kier molecular flexibility index (Phi) is 4.40. The lowest BCUT2D eigenvalue weighted by atomic mass is 10.1. The van der Waals surface area contributed by atoms with Crippen LogP contribution < -0.4 is 0 Å². The number of hydrogen-bond acceptors (Lipinski definition) is 1. The minimum Gasteiger partial charge on any atom is -0.268 e. The number of benzene rings is 2. The smallest absolute Gasteiger partial charge is 0.128 e. The predicted octanol–water partition coefficient (Wildman–Crippen LogP) is 5.10. The Labute approximate surface area is 144 Å². The van der Waals surface area contributed by atoms with Gasteiger partial charge >= 0.3 is 0 Å². The van der Waals surface area contributed by atoms with Crippen LogP contribution in [0.2, 0.25) is 0 Å². The minimum atomic E-state index is -0.218. The monoisotopic (exact) mass is 456 g/mol. The molecule has 0 atom stereocenters. The first-order valence-corrected chi connectivity index (χ1v) is 8.21. The molecule has 0 saturated carbocycles. The van der Waals surface area contributed by atoms with E-state index in [2.05, 4.69) is 67.9 Å². The summed E-state index contributed by atoms with van der Waals surface area (Å²) in [7, 11) is 0. The first-order valence-electron chi connectivity index (χ1n) is 6.34. The van der Waals surface area contributed by atoms with Gasteiger partial charge in [-0.25, -0.2) is 4.39 Å². The summed E-state index contributed by atoms with van der Waals surface area (Å²) in [4.78, 5) is 0. The van der Waals surface area contributed by atoms with E-state index in [-0.39, 0.29) is 5.82 Å². The molecule has 0 unspecified atom stereocenters. The lowest BCUT2D eigenvalue weighted by Crippen LogP contribution is -2.02. The van der Waals surface area contributed by atoms with Gasteiger partial charge in [-0.1, -0.05) is 28.1 Å². The highest BCUT2D eigenvalue weighted by Crippen LogP contribution is 2.21. The van der Waals surface area contributed by atoms with Crippen molar-refractivity contribution in [3.05, 3.63) is 74.3 Å². The molecule has 0 aliphatic rings. The van der Waals surface area contributed by atoms with Crippen LogP contribution in [0.15, 0.2) is 59.3 Å². The highest BCUT2D eigenvalue weighted by molar-refractivity contribution is 14.1. The average molecular weight is 457 g/mol. The summed E-state index contributed by atoms with van der Waals surface area (Å²) in [5.74, 6) is -0.218. The Morgan fingerprint density at radius 1 is 1.10 bits per heavy atom. The molecule has 0 aliphatic heterocycles. The van der Waals surface area contributed by atoms with E-state index in [1.165, 1.54) is 9.64 Å². The summed E-state index contributed by atoms with van der Waals surface area (Å²) in [6.07, 6.45) is 3.74. The Hall–Kier alpha value is -1.21. The topological polar surface area (TPSA) is 17.8 Å². The van der Waals surface area contributed by atoms with Crippen molar-refractivity contribution in [2.45, 2.75) is 6.54 Å². The maximum absolute atomic E-state index is 13.8.